The molecule has 0 spiro atoms. The van der Waals surface area contributed by atoms with Crippen molar-refractivity contribution in [2.24, 2.45) is 0 Å². The molecule has 0 saturated heterocycles. The van der Waals surface area contributed by atoms with Crippen molar-refractivity contribution in [1.29, 1.82) is 0 Å². The van der Waals surface area contributed by atoms with Crippen LogP contribution in [0.1, 0.15) is 30.9 Å². The first-order valence-corrected chi connectivity index (χ1v) is 6.34. The van der Waals surface area contributed by atoms with Gasteiger partial charge >= 0.3 is 5.97 Å². The molecule has 98 valence electrons. The van der Waals surface area contributed by atoms with Crippen molar-refractivity contribution < 1.29 is 19.4 Å². The molecule has 0 fully saturated rings. The molecule has 0 bridgehead atoms. The number of aryl methyl sites for hydroxylation is 2. The highest BCUT2D eigenvalue weighted by Gasteiger charge is 2.15. The second-order valence-electron chi connectivity index (χ2n) is 4.37. The van der Waals surface area contributed by atoms with Crippen LogP contribution in [0.5, 0.6) is 11.5 Å². The second kappa shape index (κ2) is 5.76. The Bertz CT molecular complexity index is 440. The fraction of sp³-hybridized carbons (Fsp3) is 0.500. The number of carboxylic acid groups (broad SMARTS) is 1. The molecule has 0 aromatic heterocycles. The zero-order chi connectivity index (χ0) is 13.0. The lowest BCUT2D eigenvalue weighted by molar-refractivity contribution is -0.137. The molecule has 0 aliphatic carbocycles. The van der Waals surface area contributed by atoms with Crippen LogP contribution in [0.4, 0.5) is 0 Å². The number of hydrogen-bond acceptors (Lipinski definition) is 3. The van der Waals surface area contributed by atoms with E-state index in [-0.39, 0.29) is 6.42 Å². The molecule has 0 unspecified atom stereocenters. The molecular formula is C14H18O4. The molecule has 1 aliphatic heterocycles. The van der Waals surface area contributed by atoms with E-state index in [0.717, 1.165) is 24.3 Å². The van der Waals surface area contributed by atoms with E-state index >= 15 is 0 Å². The predicted molar refractivity (Wildman–Crippen MR) is 67.4 cm³/mol. The van der Waals surface area contributed by atoms with Crippen LogP contribution in [0, 0.1) is 0 Å². The van der Waals surface area contributed by atoms with Gasteiger partial charge in [0.2, 0.25) is 0 Å². The Morgan fingerprint density at radius 3 is 2.39 bits per heavy atom. The third kappa shape index (κ3) is 2.94. The Morgan fingerprint density at radius 2 is 1.83 bits per heavy atom. The van der Waals surface area contributed by atoms with E-state index in [1.54, 1.807) is 0 Å². The molecule has 1 N–H and O–H groups in total. The number of fused-ring (bicyclic) bond motifs is 1. The molecule has 2 rings (SSSR count). The standard InChI is InChI=1S/C14H18O4/c1-2-10-8-12-13(18-7-6-17-12)9-11(10)4-3-5-14(15)16/h8-9H,2-7H2,1H3,(H,15,16). The van der Waals surface area contributed by atoms with Crippen molar-refractivity contribution in [2.45, 2.75) is 32.6 Å². The summed E-state index contributed by atoms with van der Waals surface area (Å²) in [7, 11) is 0. The van der Waals surface area contributed by atoms with Gasteiger partial charge < -0.3 is 14.6 Å². The van der Waals surface area contributed by atoms with Crippen LogP contribution >= 0.6 is 0 Å². The first-order chi connectivity index (χ1) is 8.70. The number of ether oxygens (including phenoxy) is 2. The monoisotopic (exact) mass is 250 g/mol. The lowest BCUT2D eigenvalue weighted by Crippen LogP contribution is -2.16. The van der Waals surface area contributed by atoms with E-state index in [4.69, 9.17) is 14.6 Å². The van der Waals surface area contributed by atoms with E-state index in [2.05, 4.69) is 6.92 Å². The maximum Gasteiger partial charge on any atom is 0.303 e. The number of hydrogen-bond donors (Lipinski definition) is 1. The highest BCUT2D eigenvalue weighted by Crippen LogP contribution is 2.34. The van der Waals surface area contributed by atoms with Gasteiger partial charge in [-0.1, -0.05) is 6.92 Å². The highest BCUT2D eigenvalue weighted by molar-refractivity contribution is 5.66. The minimum Gasteiger partial charge on any atom is -0.486 e. The summed E-state index contributed by atoms with van der Waals surface area (Å²) >= 11 is 0. The molecule has 1 aromatic carbocycles. The van der Waals surface area contributed by atoms with Gasteiger partial charge in [0.05, 0.1) is 0 Å². The smallest absolute Gasteiger partial charge is 0.303 e. The molecule has 1 aliphatic rings. The van der Waals surface area contributed by atoms with Crippen LogP contribution < -0.4 is 9.47 Å². The molecule has 0 atom stereocenters. The third-order valence-electron chi connectivity index (χ3n) is 3.08. The Hall–Kier alpha value is -1.71. The summed E-state index contributed by atoms with van der Waals surface area (Å²) in [4.78, 5) is 10.5. The largest absolute Gasteiger partial charge is 0.486 e. The van der Waals surface area contributed by atoms with E-state index < -0.39 is 5.97 Å². The second-order valence-corrected chi connectivity index (χ2v) is 4.37. The zero-order valence-corrected chi connectivity index (χ0v) is 10.6. The van der Waals surface area contributed by atoms with E-state index in [1.165, 1.54) is 11.1 Å². The lowest BCUT2D eigenvalue weighted by Gasteiger charge is -2.21. The van der Waals surface area contributed by atoms with Gasteiger partial charge in [0, 0.05) is 6.42 Å². The zero-order valence-electron chi connectivity index (χ0n) is 10.6. The van der Waals surface area contributed by atoms with Crippen molar-refractivity contribution in [3.05, 3.63) is 23.3 Å². The van der Waals surface area contributed by atoms with Gasteiger partial charge in [0.15, 0.2) is 11.5 Å². The number of rotatable bonds is 5. The van der Waals surface area contributed by atoms with Crippen LogP contribution in [0.15, 0.2) is 12.1 Å². The van der Waals surface area contributed by atoms with Gasteiger partial charge in [-0.15, -0.1) is 0 Å². The van der Waals surface area contributed by atoms with E-state index in [9.17, 15) is 4.79 Å². The Balaban J connectivity index is 2.14. The van der Waals surface area contributed by atoms with Gasteiger partial charge in [-0.25, -0.2) is 0 Å². The third-order valence-corrected chi connectivity index (χ3v) is 3.08. The van der Waals surface area contributed by atoms with Gasteiger partial charge in [0.25, 0.3) is 0 Å². The number of carbonyl (C=O) groups is 1. The molecule has 4 nitrogen and oxygen atoms in total. The summed E-state index contributed by atoms with van der Waals surface area (Å²) in [6, 6.07) is 4.01. The first-order valence-electron chi connectivity index (χ1n) is 6.34. The maximum atomic E-state index is 10.5. The van der Waals surface area contributed by atoms with E-state index in [1.807, 2.05) is 12.1 Å². The fourth-order valence-electron chi connectivity index (χ4n) is 2.16. The number of aliphatic carboxylic acids is 1. The summed E-state index contributed by atoms with van der Waals surface area (Å²) in [5, 5.41) is 8.67. The summed E-state index contributed by atoms with van der Waals surface area (Å²) in [5.74, 6) is 0.842. The van der Waals surface area contributed by atoms with Crippen LogP contribution in [0.2, 0.25) is 0 Å². The molecule has 1 heterocycles. The van der Waals surface area contributed by atoms with Crippen molar-refractivity contribution >= 4 is 5.97 Å². The van der Waals surface area contributed by atoms with Gasteiger partial charge in [-0.3, -0.25) is 4.79 Å². The average molecular weight is 250 g/mol. The summed E-state index contributed by atoms with van der Waals surface area (Å²) in [6.45, 7) is 3.26. The minimum absolute atomic E-state index is 0.206. The van der Waals surface area contributed by atoms with Crippen LogP contribution in [-0.2, 0) is 17.6 Å². The summed E-state index contributed by atoms with van der Waals surface area (Å²) in [5.41, 5.74) is 2.38. The topological polar surface area (TPSA) is 55.8 Å². The van der Waals surface area contributed by atoms with Gasteiger partial charge in [0.1, 0.15) is 13.2 Å². The van der Waals surface area contributed by atoms with Crippen LogP contribution in [0.25, 0.3) is 0 Å². The Morgan fingerprint density at radius 1 is 1.22 bits per heavy atom. The normalized spacial score (nSPS) is 13.4. The molecular weight excluding hydrogens is 232 g/mol. The van der Waals surface area contributed by atoms with E-state index in [0.29, 0.717) is 19.6 Å². The van der Waals surface area contributed by atoms with Gasteiger partial charge in [-0.05, 0) is 42.5 Å². The number of carboxylic acids is 1. The average Bonchev–Trinajstić information content (AvgIpc) is 2.37. The summed E-state index contributed by atoms with van der Waals surface area (Å²) in [6.07, 6.45) is 2.55. The highest BCUT2D eigenvalue weighted by atomic mass is 16.6. The molecule has 1 aromatic rings. The molecule has 0 amide bonds. The van der Waals surface area contributed by atoms with Crippen molar-refractivity contribution in [3.63, 3.8) is 0 Å². The molecule has 4 heteroatoms. The Labute approximate surface area is 107 Å². The van der Waals surface area contributed by atoms with Crippen molar-refractivity contribution in [1.82, 2.24) is 0 Å². The lowest BCUT2D eigenvalue weighted by atomic mass is 9.99. The molecule has 18 heavy (non-hydrogen) atoms. The van der Waals surface area contributed by atoms with Crippen LogP contribution in [-0.4, -0.2) is 24.3 Å². The van der Waals surface area contributed by atoms with Gasteiger partial charge in [-0.2, -0.15) is 0 Å². The van der Waals surface area contributed by atoms with Crippen molar-refractivity contribution in [3.8, 4) is 11.5 Å². The minimum atomic E-state index is -0.745. The van der Waals surface area contributed by atoms with Crippen molar-refractivity contribution in [2.75, 3.05) is 13.2 Å². The maximum absolute atomic E-state index is 10.5. The SMILES string of the molecule is CCc1cc2c(cc1CCCC(=O)O)OCCO2. The molecule has 0 radical (unpaired) electrons. The predicted octanol–water partition coefficient (Wildman–Crippen LogP) is 2.43. The Kier molecular flexibility index (Phi) is 4.07. The molecule has 0 saturated carbocycles. The fourth-order valence-corrected chi connectivity index (χ4v) is 2.16. The summed E-state index contributed by atoms with van der Waals surface area (Å²) < 4.78 is 11.1. The number of benzene rings is 1. The first kappa shape index (κ1) is 12.7. The van der Waals surface area contributed by atoms with Crippen LogP contribution in [0.3, 0.4) is 0 Å². The quantitative estimate of drug-likeness (QED) is 0.872.